The van der Waals surface area contributed by atoms with E-state index in [0.29, 0.717) is 0 Å². The van der Waals surface area contributed by atoms with Gasteiger partial charge in [0.15, 0.2) is 0 Å². The van der Waals surface area contributed by atoms with Gasteiger partial charge in [0.25, 0.3) is 0 Å². The van der Waals surface area contributed by atoms with Crippen molar-refractivity contribution >= 4 is 0 Å². The maximum absolute atomic E-state index is 6.03. The average molecular weight is 361 g/mol. The van der Waals surface area contributed by atoms with Crippen molar-refractivity contribution in [1.82, 2.24) is 0 Å². The van der Waals surface area contributed by atoms with Crippen molar-refractivity contribution in [3.63, 3.8) is 0 Å². The highest BCUT2D eigenvalue weighted by molar-refractivity contribution is 5.42. The van der Waals surface area contributed by atoms with Crippen molar-refractivity contribution in [2.45, 2.75) is 118 Å². The molecule has 0 bridgehead atoms. The Morgan fingerprint density at radius 3 is 1.38 bits per heavy atom. The van der Waals surface area contributed by atoms with E-state index in [-0.39, 0.29) is 0 Å². The highest BCUT2D eigenvalue weighted by Gasteiger charge is 2.04. The Labute approximate surface area is 163 Å². The Bertz CT molecular complexity index is 440. The lowest BCUT2D eigenvalue weighted by Crippen LogP contribution is -2.01. The molecule has 0 amide bonds. The van der Waals surface area contributed by atoms with Crippen LogP contribution in [0.3, 0.4) is 0 Å². The number of hydrogen-bond acceptors (Lipinski definition) is 1. The summed E-state index contributed by atoms with van der Waals surface area (Å²) in [7, 11) is 0. The van der Waals surface area contributed by atoms with Gasteiger partial charge < -0.3 is 4.74 Å². The molecule has 0 heterocycles. The fourth-order valence-electron chi connectivity index (χ4n) is 3.87. The van der Waals surface area contributed by atoms with Crippen LogP contribution in [-0.2, 0) is 0 Å². The molecule has 1 aromatic rings. The third-order valence-corrected chi connectivity index (χ3v) is 5.35. The molecule has 0 aliphatic carbocycles. The highest BCUT2D eigenvalue weighted by atomic mass is 16.5. The van der Waals surface area contributed by atoms with Gasteiger partial charge in [-0.1, -0.05) is 108 Å². The van der Waals surface area contributed by atoms with Crippen LogP contribution in [0.4, 0.5) is 0 Å². The van der Waals surface area contributed by atoms with Crippen LogP contribution in [-0.4, -0.2) is 6.61 Å². The first-order valence-corrected chi connectivity index (χ1v) is 11.4. The number of rotatable bonds is 16. The SMILES string of the molecule is CCCCCCCCCCCCCCCCOc1c(C)cc(C)cc1C. The molecular formula is C25H44O. The lowest BCUT2D eigenvalue weighted by atomic mass is 10.0. The second-order valence-electron chi connectivity index (χ2n) is 8.17. The Hall–Kier alpha value is -0.980. The molecule has 0 aromatic heterocycles. The first kappa shape index (κ1) is 23.1. The number of benzene rings is 1. The summed E-state index contributed by atoms with van der Waals surface area (Å²) in [5, 5.41) is 0. The molecular weight excluding hydrogens is 316 g/mol. The zero-order valence-electron chi connectivity index (χ0n) is 18.2. The maximum atomic E-state index is 6.03. The van der Waals surface area contributed by atoms with Gasteiger partial charge in [-0.05, 0) is 38.3 Å². The standard InChI is InChI=1S/C25H44O/c1-5-6-7-8-9-10-11-12-13-14-15-16-17-18-19-26-25-23(3)20-22(2)21-24(25)4/h20-21H,5-19H2,1-4H3. The summed E-state index contributed by atoms with van der Waals surface area (Å²) in [4.78, 5) is 0. The smallest absolute Gasteiger partial charge is 0.125 e. The zero-order valence-corrected chi connectivity index (χ0v) is 18.2. The van der Waals surface area contributed by atoms with E-state index < -0.39 is 0 Å². The van der Waals surface area contributed by atoms with Crippen molar-refractivity contribution in [2.75, 3.05) is 6.61 Å². The lowest BCUT2D eigenvalue weighted by molar-refractivity contribution is 0.300. The van der Waals surface area contributed by atoms with Crippen LogP contribution in [0.15, 0.2) is 12.1 Å². The predicted molar refractivity (Wildman–Crippen MR) is 116 cm³/mol. The first-order chi connectivity index (χ1) is 12.6. The van der Waals surface area contributed by atoms with Gasteiger partial charge in [-0.25, -0.2) is 0 Å². The number of unbranched alkanes of at least 4 members (excludes halogenated alkanes) is 13. The minimum Gasteiger partial charge on any atom is -0.493 e. The third-order valence-electron chi connectivity index (χ3n) is 5.35. The molecule has 1 nitrogen and oxygen atoms in total. The molecule has 0 spiro atoms. The summed E-state index contributed by atoms with van der Waals surface area (Å²) in [6.07, 6.45) is 19.6. The van der Waals surface area contributed by atoms with E-state index in [1.165, 1.54) is 107 Å². The molecule has 26 heavy (non-hydrogen) atoms. The molecule has 1 aromatic carbocycles. The summed E-state index contributed by atoms with van der Waals surface area (Å²) in [5.41, 5.74) is 3.87. The van der Waals surface area contributed by atoms with E-state index in [2.05, 4.69) is 39.8 Å². The van der Waals surface area contributed by atoms with Crippen LogP contribution in [0.5, 0.6) is 5.75 Å². The third kappa shape index (κ3) is 10.9. The maximum Gasteiger partial charge on any atom is 0.125 e. The average Bonchev–Trinajstić information content (AvgIpc) is 2.60. The monoisotopic (exact) mass is 360 g/mol. The van der Waals surface area contributed by atoms with Gasteiger partial charge in [0, 0.05) is 0 Å². The Kier molecular flexibility index (Phi) is 13.4. The number of ether oxygens (including phenoxy) is 1. The van der Waals surface area contributed by atoms with Crippen molar-refractivity contribution in [3.8, 4) is 5.75 Å². The van der Waals surface area contributed by atoms with Gasteiger partial charge in [-0.15, -0.1) is 0 Å². The van der Waals surface area contributed by atoms with Crippen molar-refractivity contribution in [1.29, 1.82) is 0 Å². The van der Waals surface area contributed by atoms with Gasteiger partial charge in [0.1, 0.15) is 5.75 Å². The van der Waals surface area contributed by atoms with Gasteiger partial charge in [0.05, 0.1) is 6.61 Å². The number of aryl methyl sites for hydroxylation is 3. The summed E-state index contributed by atoms with van der Waals surface area (Å²) in [6.45, 7) is 9.61. The Morgan fingerprint density at radius 2 is 0.962 bits per heavy atom. The van der Waals surface area contributed by atoms with E-state index in [4.69, 9.17) is 4.74 Å². The fourth-order valence-corrected chi connectivity index (χ4v) is 3.87. The molecule has 0 fully saturated rings. The van der Waals surface area contributed by atoms with Crippen LogP contribution in [0, 0.1) is 20.8 Å². The van der Waals surface area contributed by atoms with Crippen molar-refractivity contribution in [3.05, 3.63) is 28.8 Å². The second-order valence-corrected chi connectivity index (χ2v) is 8.17. The molecule has 0 saturated carbocycles. The molecule has 0 saturated heterocycles. The fraction of sp³-hybridized carbons (Fsp3) is 0.760. The lowest BCUT2D eigenvalue weighted by Gasteiger charge is -2.13. The molecule has 1 heteroatoms. The van der Waals surface area contributed by atoms with Gasteiger partial charge in [0.2, 0.25) is 0 Å². The largest absolute Gasteiger partial charge is 0.493 e. The van der Waals surface area contributed by atoms with Crippen LogP contribution in [0.2, 0.25) is 0 Å². The Balaban J connectivity index is 1.88. The van der Waals surface area contributed by atoms with E-state index in [9.17, 15) is 0 Å². The Morgan fingerprint density at radius 1 is 0.577 bits per heavy atom. The molecule has 0 aliphatic rings. The quantitative estimate of drug-likeness (QED) is 0.269. The first-order valence-electron chi connectivity index (χ1n) is 11.4. The second kappa shape index (κ2) is 15.1. The van der Waals surface area contributed by atoms with E-state index in [1.807, 2.05) is 0 Å². The highest BCUT2D eigenvalue weighted by Crippen LogP contribution is 2.24. The molecule has 0 aliphatic heterocycles. The van der Waals surface area contributed by atoms with Crippen LogP contribution in [0.25, 0.3) is 0 Å². The molecule has 150 valence electrons. The predicted octanol–water partition coefficient (Wildman–Crippen LogP) is 8.47. The van der Waals surface area contributed by atoms with Gasteiger partial charge in [-0.2, -0.15) is 0 Å². The van der Waals surface area contributed by atoms with Crippen molar-refractivity contribution in [2.24, 2.45) is 0 Å². The summed E-state index contributed by atoms with van der Waals surface area (Å²) in [5.74, 6) is 1.10. The van der Waals surface area contributed by atoms with E-state index in [0.717, 1.165) is 12.4 Å². The molecule has 0 N–H and O–H groups in total. The normalized spacial score (nSPS) is 11.1. The topological polar surface area (TPSA) is 9.23 Å². The summed E-state index contributed by atoms with van der Waals surface area (Å²) in [6, 6.07) is 4.43. The van der Waals surface area contributed by atoms with Crippen LogP contribution >= 0.6 is 0 Å². The molecule has 0 unspecified atom stereocenters. The minimum atomic E-state index is 0.864. The van der Waals surface area contributed by atoms with Gasteiger partial charge in [-0.3, -0.25) is 0 Å². The molecule has 1 rings (SSSR count). The summed E-state index contributed by atoms with van der Waals surface area (Å²) >= 11 is 0. The van der Waals surface area contributed by atoms with Crippen molar-refractivity contribution < 1.29 is 4.74 Å². The molecule has 0 radical (unpaired) electrons. The zero-order chi connectivity index (χ0) is 19.0. The van der Waals surface area contributed by atoms with E-state index >= 15 is 0 Å². The minimum absolute atomic E-state index is 0.864. The van der Waals surface area contributed by atoms with Gasteiger partial charge >= 0.3 is 0 Å². The number of hydrogen-bond donors (Lipinski definition) is 0. The summed E-state index contributed by atoms with van der Waals surface area (Å²) < 4.78 is 6.03. The van der Waals surface area contributed by atoms with Crippen LogP contribution in [0.1, 0.15) is 114 Å². The van der Waals surface area contributed by atoms with E-state index in [1.54, 1.807) is 0 Å². The molecule has 0 atom stereocenters. The van der Waals surface area contributed by atoms with Crippen LogP contribution < -0.4 is 4.74 Å².